The van der Waals surface area contributed by atoms with Crippen LogP contribution < -0.4 is 5.32 Å². The third kappa shape index (κ3) is 3.42. The summed E-state index contributed by atoms with van der Waals surface area (Å²) in [6.45, 7) is 8.75. The molecule has 2 aromatic rings. The van der Waals surface area contributed by atoms with Gasteiger partial charge in [-0.1, -0.05) is 18.2 Å². The zero-order valence-electron chi connectivity index (χ0n) is 15.8. The number of carboxylic acid groups (broad SMARTS) is 1. The smallest absolute Gasteiger partial charge is 0.477 e. The molecule has 0 unspecified atom stereocenters. The van der Waals surface area contributed by atoms with Crippen LogP contribution >= 0.6 is 0 Å². The molecule has 0 amide bonds. The normalized spacial score (nSPS) is 19.3. The second kappa shape index (κ2) is 6.57. The molecule has 1 saturated heterocycles. The van der Waals surface area contributed by atoms with E-state index < -0.39 is 24.3 Å². The first-order chi connectivity index (χ1) is 12.1. The molecule has 1 aromatic heterocycles. The van der Waals surface area contributed by atoms with Crippen molar-refractivity contribution in [3.8, 4) is 0 Å². The number of fused-ring (bicyclic) bond motifs is 1. The second-order valence-corrected chi connectivity index (χ2v) is 7.67. The van der Waals surface area contributed by atoms with Gasteiger partial charge in [0.15, 0.2) is 0 Å². The maximum atomic E-state index is 11.1. The molecule has 3 rings (SSSR count). The van der Waals surface area contributed by atoms with Crippen LogP contribution in [0.4, 0.5) is 0 Å². The van der Waals surface area contributed by atoms with Crippen molar-refractivity contribution in [3.05, 3.63) is 41.0 Å². The number of benzene rings is 1. The summed E-state index contributed by atoms with van der Waals surface area (Å²) in [7, 11) is 1.45. The molecule has 7 heteroatoms. The Bertz CT molecular complexity index is 854. The fourth-order valence-corrected chi connectivity index (χ4v) is 2.96. The zero-order valence-corrected chi connectivity index (χ0v) is 15.8. The molecule has 0 spiro atoms. The van der Waals surface area contributed by atoms with E-state index in [-0.39, 0.29) is 5.69 Å². The molecular weight excluding hydrogens is 331 g/mol. The molecule has 26 heavy (non-hydrogen) atoms. The summed E-state index contributed by atoms with van der Waals surface area (Å²) in [5, 5.41) is 13.2. The zero-order chi connectivity index (χ0) is 19.1. The van der Waals surface area contributed by atoms with E-state index in [4.69, 9.17) is 14.4 Å². The number of hydrogen-bond acceptors (Lipinski definition) is 4. The minimum absolute atomic E-state index is 0.183. The molecule has 1 aromatic carbocycles. The van der Waals surface area contributed by atoms with Gasteiger partial charge in [0, 0.05) is 17.4 Å². The molecule has 0 bridgehead atoms. The summed E-state index contributed by atoms with van der Waals surface area (Å²) in [5.74, 6) is -0.966. The molecule has 6 nitrogen and oxygen atoms in total. The number of likely N-dealkylation sites (N-methyl/N-ethyl adjacent to an activating group) is 1. The van der Waals surface area contributed by atoms with Gasteiger partial charge in [0.25, 0.3) is 0 Å². The number of H-pyrrole nitrogens is 1. The van der Waals surface area contributed by atoms with Gasteiger partial charge >= 0.3 is 13.1 Å². The number of aromatic nitrogens is 1. The molecular formula is C19H25BN2O4. The minimum atomic E-state index is -0.966. The molecule has 0 saturated carbocycles. The van der Waals surface area contributed by atoms with E-state index in [2.05, 4.69) is 10.3 Å². The van der Waals surface area contributed by atoms with Crippen molar-refractivity contribution in [2.24, 2.45) is 0 Å². The highest BCUT2D eigenvalue weighted by Crippen LogP contribution is 2.38. The fraction of sp³-hybridized carbons (Fsp3) is 0.421. The minimum Gasteiger partial charge on any atom is -0.477 e. The van der Waals surface area contributed by atoms with Crippen LogP contribution in [0.15, 0.2) is 29.7 Å². The predicted molar refractivity (Wildman–Crippen MR) is 103 cm³/mol. The molecule has 1 fully saturated rings. The van der Waals surface area contributed by atoms with Gasteiger partial charge in [-0.3, -0.25) is 0 Å². The Morgan fingerprint density at radius 3 is 2.46 bits per heavy atom. The number of aromatic amines is 1. The summed E-state index contributed by atoms with van der Waals surface area (Å²) in [5.41, 5.74) is 2.11. The monoisotopic (exact) mass is 356 g/mol. The van der Waals surface area contributed by atoms with Gasteiger partial charge in [0.05, 0.1) is 11.2 Å². The van der Waals surface area contributed by atoms with Crippen LogP contribution in [0.2, 0.25) is 0 Å². The van der Waals surface area contributed by atoms with E-state index >= 15 is 0 Å². The van der Waals surface area contributed by atoms with Gasteiger partial charge in [-0.25, -0.2) is 4.79 Å². The topological polar surface area (TPSA) is 83.6 Å². The van der Waals surface area contributed by atoms with Gasteiger partial charge in [0.2, 0.25) is 0 Å². The van der Waals surface area contributed by atoms with Gasteiger partial charge in [-0.2, -0.15) is 0 Å². The van der Waals surface area contributed by atoms with Crippen molar-refractivity contribution < 1.29 is 19.2 Å². The highest BCUT2D eigenvalue weighted by molar-refractivity contribution is 6.55. The number of nitrogens with one attached hydrogen (secondary N) is 2. The molecule has 1 aliphatic rings. The summed E-state index contributed by atoms with van der Waals surface area (Å²) in [6, 6.07) is 7.44. The first kappa shape index (κ1) is 18.7. The van der Waals surface area contributed by atoms with Crippen molar-refractivity contribution in [2.45, 2.75) is 38.9 Å². The Morgan fingerprint density at radius 2 is 1.88 bits per heavy atom. The molecule has 0 radical (unpaired) electrons. The summed E-state index contributed by atoms with van der Waals surface area (Å²) in [4.78, 5) is 14.1. The lowest BCUT2D eigenvalue weighted by molar-refractivity contribution is 0.00578. The lowest BCUT2D eigenvalue weighted by Crippen LogP contribution is -2.41. The molecule has 1 aliphatic heterocycles. The van der Waals surface area contributed by atoms with Crippen LogP contribution in [0.3, 0.4) is 0 Å². The molecule has 0 atom stereocenters. The standard InChI is InChI=1S/C19H25BN2O4/c1-18(2)19(3,4)26-20(25-18)14(11-21-5)8-12-6-7-13-10-16(17(23)24)22-15(13)9-12/h6-10,21-22H,11H2,1-5H3,(H,23,24). The van der Waals surface area contributed by atoms with E-state index in [1.54, 1.807) is 6.07 Å². The summed E-state index contributed by atoms with van der Waals surface area (Å²) >= 11 is 0. The van der Waals surface area contributed by atoms with Gasteiger partial charge in [-0.05, 0) is 57.9 Å². The van der Waals surface area contributed by atoms with Crippen LogP contribution in [0.5, 0.6) is 0 Å². The number of hydrogen-bond donors (Lipinski definition) is 3. The maximum Gasteiger partial charge on any atom is 0.491 e. The highest BCUT2D eigenvalue weighted by atomic mass is 16.7. The van der Waals surface area contributed by atoms with Crippen molar-refractivity contribution in [1.82, 2.24) is 10.3 Å². The van der Waals surface area contributed by atoms with Crippen LogP contribution in [0.25, 0.3) is 17.0 Å². The molecule has 138 valence electrons. The lowest BCUT2D eigenvalue weighted by atomic mass is 9.77. The van der Waals surface area contributed by atoms with Crippen LogP contribution in [0, 0.1) is 0 Å². The Balaban J connectivity index is 1.94. The van der Waals surface area contributed by atoms with Gasteiger partial charge < -0.3 is 24.7 Å². The molecule has 0 aliphatic carbocycles. The van der Waals surface area contributed by atoms with Crippen molar-refractivity contribution in [1.29, 1.82) is 0 Å². The van der Waals surface area contributed by atoms with E-state index in [0.717, 1.165) is 21.9 Å². The lowest BCUT2D eigenvalue weighted by Gasteiger charge is -2.32. The Morgan fingerprint density at radius 1 is 1.23 bits per heavy atom. The van der Waals surface area contributed by atoms with Crippen molar-refractivity contribution in [3.63, 3.8) is 0 Å². The first-order valence-corrected chi connectivity index (χ1v) is 8.70. The van der Waals surface area contributed by atoms with Crippen LogP contribution in [-0.2, 0) is 9.31 Å². The van der Waals surface area contributed by atoms with Crippen LogP contribution in [0.1, 0.15) is 43.7 Å². The maximum absolute atomic E-state index is 11.1. The molecule has 2 heterocycles. The third-order valence-electron chi connectivity index (χ3n) is 5.17. The highest BCUT2D eigenvalue weighted by Gasteiger charge is 2.52. The fourth-order valence-electron chi connectivity index (χ4n) is 2.96. The van der Waals surface area contributed by atoms with E-state index in [0.29, 0.717) is 6.54 Å². The average Bonchev–Trinajstić information content (AvgIpc) is 3.05. The summed E-state index contributed by atoms with van der Waals surface area (Å²) < 4.78 is 12.3. The number of aromatic carboxylic acids is 1. The largest absolute Gasteiger partial charge is 0.491 e. The summed E-state index contributed by atoms with van der Waals surface area (Å²) in [6.07, 6.45) is 2.03. The first-order valence-electron chi connectivity index (χ1n) is 8.70. The second-order valence-electron chi connectivity index (χ2n) is 7.67. The Labute approximate surface area is 153 Å². The number of carboxylic acids is 1. The predicted octanol–water partition coefficient (Wildman–Crippen LogP) is 3.10. The van der Waals surface area contributed by atoms with Crippen molar-refractivity contribution in [2.75, 3.05) is 13.6 Å². The Hall–Kier alpha value is -2.09. The number of carbonyl (C=O) groups is 1. The van der Waals surface area contributed by atoms with E-state index in [1.165, 1.54) is 0 Å². The van der Waals surface area contributed by atoms with E-state index in [1.807, 2.05) is 59.0 Å². The van der Waals surface area contributed by atoms with E-state index in [9.17, 15) is 4.79 Å². The van der Waals surface area contributed by atoms with Gasteiger partial charge in [-0.15, -0.1) is 0 Å². The third-order valence-corrected chi connectivity index (χ3v) is 5.17. The number of rotatable bonds is 5. The van der Waals surface area contributed by atoms with Gasteiger partial charge in [0.1, 0.15) is 5.69 Å². The quantitative estimate of drug-likeness (QED) is 0.717. The Kier molecular flexibility index (Phi) is 4.73. The SMILES string of the molecule is CNCC(=Cc1ccc2cc(C(=O)O)[nH]c2c1)B1OC(C)(C)C(C)(C)O1. The van der Waals surface area contributed by atoms with Crippen LogP contribution in [-0.4, -0.2) is 48.0 Å². The molecule has 3 N–H and O–H groups in total. The van der Waals surface area contributed by atoms with Crippen molar-refractivity contribution >= 4 is 30.1 Å². The average molecular weight is 356 g/mol.